The quantitative estimate of drug-likeness (QED) is 0.731. The van der Waals surface area contributed by atoms with E-state index in [1.165, 1.54) is 12.1 Å². The first-order valence-corrected chi connectivity index (χ1v) is 6.63. The van der Waals surface area contributed by atoms with Crippen LogP contribution in [-0.2, 0) is 6.54 Å². The Bertz CT molecular complexity index is 378. The van der Waals surface area contributed by atoms with Gasteiger partial charge in [0, 0.05) is 18.2 Å². The van der Waals surface area contributed by atoms with Gasteiger partial charge in [0.25, 0.3) is 0 Å². The van der Waals surface area contributed by atoms with Gasteiger partial charge < -0.3 is 0 Å². The van der Waals surface area contributed by atoms with Crippen LogP contribution in [-0.4, -0.2) is 18.0 Å². The third-order valence-electron chi connectivity index (χ3n) is 3.11. The van der Waals surface area contributed by atoms with Gasteiger partial charge >= 0.3 is 0 Å². The molecule has 0 atom stereocenters. The fourth-order valence-electron chi connectivity index (χ4n) is 2.00. The highest BCUT2D eigenvalue weighted by molar-refractivity contribution is 9.10. The molecule has 1 nitrogen and oxygen atoms in total. The van der Waals surface area contributed by atoms with Crippen molar-refractivity contribution < 1.29 is 8.78 Å². The lowest BCUT2D eigenvalue weighted by molar-refractivity contribution is 0.216. The van der Waals surface area contributed by atoms with E-state index in [0.29, 0.717) is 17.1 Å². The Morgan fingerprint density at radius 2 is 1.82 bits per heavy atom. The summed E-state index contributed by atoms with van der Waals surface area (Å²) in [4.78, 5) is 1.99. The van der Waals surface area contributed by atoms with Crippen molar-refractivity contribution >= 4 is 15.9 Å². The third kappa shape index (κ3) is 3.49. The molecular weight excluding hydrogens is 288 g/mol. The molecule has 1 aromatic rings. The van der Waals surface area contributed by atoms with Gasteiger partial charge in [0.15, 0.2) is 0 Å². The summed E-state index contributed by atoms with van der Waals surface area (Å²) >= 11 is 3.08. The van der Waals surface area contributed by atoms with E-state index in [1.54, 1.807) is 0 Å². The number of nitrogens with zero attached hydrogens (tertiary/aromatic N) is 1. The van der Waals surface area contributed by atoms with Gasteiger partial charge in [-0.1, -0.05) is 13.8 Å². The van der Waals surface area contributed by atoms with Gasteiger partial charge in [0.1, 0.15) is 11.6 Å². The minimum atomic E-state index is -0.497. The zero-order valence-electron chi connectivity index (χ0n) is 10.4. The van der Waals surface area contributed by atoms with Crippen LogP contribution in [0.15, 0.2) is 16.6 Å². The van der Waals surface area contributed by atoms with Gasteiger partial charge in [0.2, 0.25) is 0 Å². The largest absolute Gasteiger partial charge is 0.299 e. The first-order valence-electron chi connectivity index (χ1n) is 5.83. The predicted molar refractivity (Wildman–Crippen MR) is 69.9 cm³/mol. The number of halogens is 3. The van der Waals surface area contributed by atoms with Crippen LogP contribution in [0.25, 0.3) is 0 Å². The molecule has 0 aromatic heterocycles. The highest BCUT2D eigenvalue weighted by Gasteiger charge is 2.17. The molecule has 0 saturated heterocycles. The van der Waals surface area contributed by atoms with Crippen molar-refractivity contribution in [3.8, 4) is 0 Å². The summed E-state index contributed by atoms with van der Waals surface area (Å²) in [5.41, 5.74) is 0.133. The summed E-state index contributed by atoms with van der Waals surface area (Å²) in [5.74, 6) is -0.980. The first kappa shape index (κ1) is 14.6. The van der Waals surface area contributed by atoms with Gasteiger partial charge in [-0.3, -0.25) is 4.90 Å². The minimum Gasteiger partial charge on any atom is -0.299 e. The second-order valence-corrected chi connectivity index (χ2v) is 5.06. The molecule has 1 aromatic carbocycles. The second kappa shape index (κ2) is 6.45. The molecule has 96 valence electrons. The summed E-state index contributed by atoms with van der Waals surface area (Å²) in [5, 5.41) is 0. The van der Waals surface area contributed by atoms with Crippen LogP contribution in [0.3, 0.4) is 0 Å². The van der Waals surface area contributed by atoms with E-state index >= 15 is 0 Å². The molecule has 0 radical (unpaired) electrons. The molecule has 0 aliphatic heterocycles. The summed E-state index contributed by atoms with van der Waals surface area (Å²) < 4.78 is 27.7. The normalized spacial score (nSPS) is 11.5. The van der Waals surface area contributed by atoms with Crippen LogP contribution >= 0.6 is 15.9 Å². The van der Waals surface area contributed by atoms with Crippen molar-refractivity contribution in [3.05, 3.63) is 33.8 Å². The van der Waals surface area contributed by atoms with E-state index in [9.17, 15) is 8.78 Å². The Kier molecular flexibility index (Phi) is 5.53. The lowest BCUT2D eigenvalue weighted by Crippen LogP contribution is -2.30. The lowest BCUT2D eigenvalue weighted by atomic mass is 10.1. The van der Waals surface area contributed by atoms with Crippen LogP contribution in [0.5, 0.6) is 0 Å². The van der Waals surface area contributed by atoms with E-state index in [-0.39, 0.29) is 5.56 Å². The van der Waals surface area contributed by atoms with Gasteiger partial charge in [0.05, 0.1) is 4.47 Å². The summed E-state index contributed by atoms with van der Waals surface area (Å²) in [6.07, 6.45) is 1.95. The molecule has 4 heteroatoms. The average molecular weight is 306 g/mol. The van der Waals surface area contributed by atoms with Gasteiger partial charge in [-0.15, -0.1) is 0 Å². The summed E-state index contributed by atoms with van der Waals surface area (Å²) in [6, 6.07) is 3.04. The summed E-state index contributed by atoms with van der Waals surface area (Å²) in [6.45, 7) is 4.46. The fourth-order valence-corrected chi connectivity index (χ4v) is 2.38. The molecule has 0 aliphatic carbocycles. The molecule has 0 fully saturated rings. The van der Waals surface area contributed by atoms with E-state index in [4.69, 9.17) is 0 Å². The fraction of sp³-hybridized carbons (Fsp3) is 0.538. The Labute approximate surface area is 110 Å². The minimum absolute atomic E-state index is 0.133. The van der Waals surface area contributed by atoms with E-state index in [0.717, 1.165) is 12.8 Å². The van der Waals surface area contributed by atoms with Crippen LogP contribution in [0.2, 0.25) is 0 Å². The molecule has 17 heavy (non-hydrogen) atoms. The average Bonchev–Trinajstić information content (AvgIpc) is 2.31. The molecule has 0 unspecified atom stereocenters. The maximum atomic E-state index is 13.8. The zero-order valence-corrected chi connectivity index (χ0v) is 12.0. The molecule has 0 bridgehead atoms. The topological polar surface area (TPSA) is 3.24 Å². The molecule has 0 amide bonds. The molecule has 0 saturated carbocycles. The smallest absolute Gasteiger partial charge is 0.144 e. The Balaban J connectivity index is 2.91. The van der Waals surface area contributed by atoms with Crippen molar-refractivity contribution in [1.82, 2.24) is 4.90 Å². The SMILES string of the molecule is CCC(CC)N(C)Cc1c(F)ccc(Br)c1F. The van der Waals surface area contributed by atoms with Crippen molar-refractivity contribution in [2.75, 3.05) is 7.05 Å². The maximum Gasteiger partial charge on any atom is 0.144 e. The van der Waals surface area contributed by atoms with E-state index < -0.39 is 11.6 Å². The standard InChI is InChI=1S/C13H18BrF2N/c1-4-9(5-2)17(3)8-10-12(15)7-6-11(14)13(10)16/h6-7,9H,4-5,8H2,1-3H3. The molecular formula is C13H18BrF2N. The Hall–Kier alpha value is -0.480. The second-order valence-electron chi connectivity index (χ2n) is 4.21. The van der Waals surface area contributed by atoms with Crippen molar-refractivity contribution in [2.24, 2.45) is 0 Å². The molecule has 1 rings (SSSR count). The van der Waals surface area contributed by atoms with Crippen molar-refractivity contribution in [2.45, 2.75) is 39.3 Å². The summed E-state index contributed by atoms with van der Waals surface area (Å²) in [7, 11) is 1.90. The number of hydrogen-bond donors (Lipinski definition) is 0. The zero-order chi connectivity index (χ0) is 13.0. The maximum absolute atomic E-state index is 13.8. The molecule has 0 spiro atoms. The number of rotatable bonds is 5. The first-order chi connectivity index (χ1) is 8.01. The van der Waals surface area contributed by atoms with E-state index in [2.05, 4.69) is 29.8 Å². The van der Waals surface area contributed by atoms with Crippen LogP contribution in [0.1, 0.15) is 32.3 Å². The predicted octanol–water partition coefficient (Wildman–Crippen LogP) is 4.35. The Morgan fingerprint density at radius 3 is 2.35 bits per heavy atom. The Morgan fingerprint density at radius 1 is 1.24 bits per heavy atom. The van der Waals surface area contributed by atoms with Gasteiger partial charge in [-0.25, -0.2) is 8.78 Å². The monoisotopic (exact) mass is 305 g/mol. The molecule has 0 N–H and O–H groups in total. The van der Waals surface area contributed by atoms with Crippen LogP contribution < -0.4 is 0 Å². The number of hydrogen-bond acceptors (Lipinski definition) is 1. The van der Waals surface area contributed by atoms with Gasteiger partial charge in [-0.05, 0) is 48.0 Å². The highest BCUT2D eigenvalue weighted by Crippen LogP contribution is 2.23. The number of benzene rings is 1. The van der Waals surface area contributed by atoms with Crippen LogP contribution in [0.4, 0.5) is 8.78 Å². The van der Waals surface area contributed by atoms with E-state index in [1.807, 2.05) is 11.9 Å². The molecule has 0 aliphatic rings. The third-order valence-corrected chi connectivity index (χ3v) is 3.72. The van der Waals surface area contributed by atoms with Gasteiger partial charge in [-0.2, -0.15) is 0 Å². The van der Waals surface area contributed by atoms with Crippen molar-refractivity contribution in [3.63, 3.8) is 0 Å². The highest BCUT2D eigenvalue weighted by atomic mass is 79.9. The lowest BCUT2D eigenvalue weighted by Gasteiger charge is -2.26. The van der Waals surface area contributed by atoms with Crippen molar-refractivity contribution in [1.29, 1.82) is 0 Å². The van der Waals surface area contributed by atoms with Crippen LogP contribution in [0, 0.1) is 11.6 Å². The molecule has 0 heterocycles.